The number of piperidine rings is 1. The van der Waals surface area contributed by atoms with Crippen molar-refractivity contribution in [3.05, 3.63) is 58.9 Å². The lowest BCUT2D eigenvalue weighted by Gasteiger charge is -2.31. The summed E-state index contributed by atoms with van der Waals surface area (Å²) >= 11 is 5.98. The normalized spacial score (nSPS) is 18.3. The van der Waals surface area contributed by atoms with E-state index in [1.807, 2.05) is 13.0 Å². The highest BCUT2D eigenvalue weighted by molar-refractivity contribution is 7.89. The van der Waals surface area contributed by atoms with Crippen molar-refractivity contribution in [2.24, 2.45) is 5.92 Å². The Morgan fingerprint density at radius 2 is 1.93 bits per heavy atom. The number of carbonyl (C=O) groups is 1. The number of rotatable bonds is 4. The molecule has 2 aromatic rings. The van der Waals surface area contributed by atoms with Gasteiger partial charge in [0.1, 0.15) is 5.82 Å². The van der Waals surface area contributed by atoms with E-state index in [1.54, 1.807) is 12.1 Å². The zero-order chi connectivity index (χ0) is 19.6. The summed E-state index contributed by atoms with van der Waals surface area (Å²) in [4.78, 5) is 12.7. The number of sulfonamides is 1. The van der Waals surface area contributed by atoms with Crippen molar-refractivity contribution in [1.29, 1.82) is 0 Å². The smallest absolute Gasteiger partial charge is 0.243 e. The molecule has 3 rings (SSSR count). The molecule has 0 aromatic heterocycles. The first kappa shape index (κ1) is 19.8. The minimum absolute atomic E-state index is 0.0237. The quantitative estimate of drug-likeness (QED) is 0.833. The molecule has 5 nitrogen and oxygen atoms in total. The van der Waals surface area contributed by atoms with Gasteiger partial charge in [-0.1, -0.05) is 17.7 Å². The van der Waals surface area contributed by atoms with Crippen LogP contribution in [-0.2, 0) is 14.8 Å². The molecule has 1 amide bonds. The molecule has 1 heterocycles. The van der Waals surface area contributed by atoms with Gasteiger partial charge in [0.25, 0.3) is 0 Å². The first-order valence-corrected chi connectivity index (χ1v) is 10.4. The summed E-state index contributed by atoms with van der Waals surface area (Å²) in [5.74, 6) is -1.20. The topological polar surface area (TPSA) is 66.5 Å². The number of anilines is 1. The molecule has 27 heavy (non-hydrogen) atoms. The van der Waals surface area contributed by atoms with Gasteiger partial charge < -0.3 is 5.32 Å². The first-order valence-electron chi connectivity index (χ1n) is 8.60. The van der Waals surface area contributed by atoms with Gasteiger partial charge >= 0.3 is 0 Å². The van der Waals surface area contributed by atoms with Crippen molar-refractivity contribution < 1.29 is 17.6 Å². The van der Waals surface area contributed by atoms with Gasteiger partial charge in [-0.05, 0) is 61.7 Å². The SMILES string of the molecule is Cc1ccc(Cl)cc1NC(=O)[C@H]1CCCN(S(=O)(=O)c2ccc(F)cc2)C1. The van der Waals surface area contributed by atoms with Crippen LogP contribution < -0.4 is 5.32 Å². The largest absolute Gasteiger partial charge is 0.326 e. The maximum Gasteiger partial charge on any atom is 0.243 e. The van der Waals surface area contributed by atoms with E-state index in [-0.39, 0.29) is 17.3 Å². The van der Waals surface area contributed by atoms with E-state index in [0.717, 1.165) is 17.7 Å². The van der Waals surface area contributed by atoms with Crippen LogP contribution in [0.4, 0.5) is 10.1 Å². The van der Waals surface area contributed by atoms with Gasteiger partial charge in [0.05, 0.1) is 10.8 Å². The minimum Gasteiger partial charge on any atom is -0.326 e. The van der Waals surface area contributed by atoms with Gasteiger partial charge in [-0.25, -0.2) is 12.8 Å². The van der Waals surface area contributed by atoms with Crippen LogP contribution in [0.3, 0.4) is 0 Å². The summed E-state index contributed by atoms with van der Waals surface area (Å²) in [6.45, 7) is 2.28. The molecule has 0 spiro atoms. The Morgan fingerprint density at radius 3 is 2.63 bits per heavy atom. The highest BCUT2D eigenvalue weighted by Gasteiger charge is 2.33. The molecule has 1 fully saturated rings. The number of hydrogen-bond donors (Lipinski definition) is 1. The Hall–Kier alpha value is -1.96. The molecule has 0 unspecified atom stereocenters. The molecule has 0 bridgehead atoms. The first-order chi connectivity index (χ1) is 12.8. The summed E-state index contributed by atoms with van der Waals surface area (Å²) in [5.41, 5.74) is 1.49. The second-order valence-electron chi connectivity index (χ2n) is 6.60. The van der Waals surface area contributed by atoms with Gasteiger partial charge in [0, 0.05) is 23.8 Å². The van der Waals surface area contributed by atoms with Crippen molar-refractivity contribution in [2.75, 3.05) is 18.4 Å². The molecule has 144 valence electrons. The van der Waals surface area contributed by atoms with E-state index in [2.05, 4.69) is 5.32 Å². The van der Waals surface area contributed by atoms with Crippen molar-refractivity contribution in [1.82, 2.24) is 4.31 Å². The van der Waals surface area contributed by atoms with Gasteiger partial charge in [0.2, 0.25) is 15.9 Å². The molecule has 1 N–H and O–H groups in total. The van der Waals surface area contributed by atoms with E-state index >= 15 is 0 Å². The summed E-state index contributed by atoms with van der Waals surface area (Å²) < 4.78 is 39.9. The standard InChI is InChI=1S/C19H20ClFN2O3S/c1-13-4-5-15(20)11-18(13)22-19(24)14-3-2-10-23(12-14)27(25,26)17-8-6-16(21)7-9-17/h4-9,11,14H,2-3,10,12H2,1H3,(H,22,24)/t14-/m0/s1. The predicted octanol–water partition coefficient (Wildman–Crippen LogP) is 3.83. The number of aryl methyl sites for hydroxylation is 1. The van der Waals surface area contributed by atoms with Crippen molar-refractivity contribution in [2.45, 2.75) is 24.7 Å². The molecular weight excluding hydrogens is 391 g/mol. The molecule has 1 saturated heterocycles. The second-order valence-corrected chi connectivity index (χ2v) is 8.98. The zero-order valence-corrected chi connectivity index (χ0v) is 16.4. The van der Waals surface area contributed by atoms with Crippen LogP contribution in [0.5, 0.6) is 0 Å². The average Bonchev–Trinajstić information content (AvgIpc) is 2.65. The van der Waals surface area contributed by atoms with Crippen LogP contribution >= 0.6 is 11.6 Å². The fourth-order valence-electron chi connectivity index (χ4n) is 3.09. The zero-order valence-electron chi connectivity index (χ0n) is 14.8. The van der Waals surface area contributed by atoms with Crippen LogP contribution in [0.15, 0.2) is 47.4 Å². The van der Waals surface area contributed by atoms with Crippen LogP contribution in [0.1, 0.15) is 18.4 Å². The Morgan fingerprint density at radius 1 is 1.22 bits per heavy atom. The van der Waals surface area contributed by atoms with E-state index in [1.165, 1.54) is 16.4 Å². The Bertz CT molecular complexity index is 948. The summed E-state index contributed by atoms with van der Waals surface area (Å²) in [7, 11) is -3.77. The molecular formula is C19H20ClFN2O3S. The maximum absolute atomic E-state index is 13.1. The number of benzene rings is 2. The summed E-state index contributed by atoms with van der Waals surface area (Å²) in [5, 5.41) is 3.36. The van der Waals surface area contributed by atoms with Crippen molar-refractivity contribution in [3.63, 3.8) is 0 Å². The van der Waals surface area contributed by atoms with E-state index in [4.69, 9.17) is 11.6 Å². The Labute approximate surface area is 163 Å². The summed E-state index contributed by atoms with van der Waals surface area (Å²) in [6.07, 6.45) is 1.17. The maximum atomic E-state index is 13.1. The van der Waals surface area contributed by atoms with Crippen LogP contribution in [-0.4, -0.2) is 31.7 Å². The van der Waals surface area contributed by atoms with Gasteiger partial charge in [-0.15, -0.1) is 0 Å². The highest BCUT2D eigenvalue weighted by atomic mass is 35.5. The Kier molecular flexibility index (Phi) is 5.83. The lowest BCUT2D eigenvalue weighted by atomic mass is 9.98. The van der Waals surface area contributed by atoms with Crippen LogP contribution in [0.2, 0.25) is 5.02 Å². The molecule has 0 aliphatic carbocycles. The fraction of sp³-hybridized carbons (Fsp3) is 0.316. The van der Waals surface area contributed by atoms with Crippen LogP contribution in [0, 0.1) is 18.7 Å². The van der Waals surface area contributed by atoms with Crippen molar-refractivity contribution in [3.8, 4) is 0 Å². The van der Waals surface area contributed by atoms with Gasteiger partial charge in [-0.2, -0.15) is 4.31 Å². The molecule has 1 atom stereocenters. The molecule has 1 aliphatic rings. The monoisotopic (exact) mass is 410 g/mol. The average molecular weight is 411 g/mol. The number of halogens is 2. The lowest BCUT2D eigenvalue weighted by Crippen LogP contribution is -2.43. The lowest BCUT2D eigenvalue weighted by molar-refractivity contribution is -0.120. The number of carbonyl (C=O) groups excluding carboxylic acids is 1. The van der Waals surface area contributed by atoms with E-state index in [0.29, 0.717) is 30.1 Å². The van der Waals surface area contributed by atoms with E-state index < -0.39 is 21.8 Å². The summed E-state index contributed by atoms with van der Waals surface area (Å²) in [6, 6.07) is 9.93. The third-order valence-corrected chi connectivity index (χ3v) is 6.78. The Balaban J connectivity index is 1.74. The fourth-order valence-corrected chi connectivity index (χ4v) is 4.79. The highest BCUT2D eigenvalue weighted by Crippen LogP contribution is 2.26. The third-order valence-electron chi connectivity index (χ3n) is 4.66. The number of nitrogens with one attached hydrogen (secondary N) is 1. The molecule has 0 radical (unpaired) electrons. The van der Waals surface area contributed by atoms with Crippen molar-refractivity contribution >= 4 is 33.2 Å². The predicted molar refractivity (Wildman–Crippen MR) is 103 cm³/mol. The van der Waals surface area contributed by atoms with E-state index in [9.17, 15) is 17.6 Å². The molecule has 2 aromatic carbocycles. The third kappa shape index (κ3) is 4.48. The van der Waals surface area contributed by atoms with Crippen LogP contribution in [0.25, 0.3) is 0 Å². The number of amides is 1. The number of hydrogen-bond acceptors (Lipinski definition) is 3. The van der Waals surface area contributed by atoms with Gasteiger partial charge in [-0.3, -0.25) is 4.79 Å². The molecule has 0 saturated carbocycles. The molecule has 8 heteroatoms. The number of nitrogens with zero attached hydrogens (tertiary/aromatic N) is 1. The second kappa shape index (κ2) is 7.96. The molecule has 1 aliphatic heterocycles. The minimum atomic E-state index is -3.77. The van der Waals surface area contributed by atoms with Gasteiger partial charge in [0.15, 0.2) is 0 Å².